The summed E-state index contributed by atoms with van der Waals surface area (Å²) in [6.07, 6.45) is 5.01. The van der Waals surface area contributed by atoms with E-state index in [9.17, 15) is 0 Å². The maximum Gasteiger partial charge on any atom is 0.119 e. The first-order valence-corrected chi connectivity index (χ1v) is 8.38. The van der Waals surface area contributed by atoms with Crippen molar-refractivity contribution < 1.29 is 9.47 Å². The van der Waals surface area contributed by atoms with Gasteiger partial charge in [-0.2, -0.15) is 0 Å². The van der Waals surface area contributed by atoms with Gasteiger partial charge in [0.1, 0.15) is 5.75 Å². The normalized spacial score (nSPS) is 24.2. The Balaban J connectivity index is 1.55. The molecule has 2 N–H and O–H groups in total. The summed E-state index contributed by atoms with van der Waals surface area (Å²) in [5, 5.41) is 0. The van der Waals surface area contributed by atoms with Crippen molar-refractivity contribution in [2.24, 2.45) is 11.1 Å². The average molecular weight is 304 g/mol. The predicted octanol–water partition coefficient (Wildman–Crippen LogP) is 2.42. The molecule has 1 saturated heterocycles. The predicted molar refractivity (Wildman–Crippen MR) is 88.0 cm³/mol. The van der Waals surface area contributed by atoms with Gasteiger partial charge in [-0.25, -0.2) is 0 Å². The summed E-state index contributed by atoms with van der Waals surface area (Å²) in [5.41, 5.74) is 7.52. The summed E-state index contributed by atoms with van der Waals surface area (Å²) in [6.45, 7) is 4.78. The lowest BCUT2D eigenvalue weighted by Crippen LogP contribution is -2.46. The van der Waals surface area contributed by atoms with Crippen molar-refractivity contribution in [1.29, 1.82) is 0 Å². The zero-order chi connectivity index (χ0) is 15.4. The molecule has 3 rings (SSSR count). The topological polar surface area (TPSA) is 47.7 Å². The Morgan fingerprint density at radius 3 is 2.86 bits per heavy atom. The quantitative estimate of drug-likeness (QED) is 0.840. The van der Waals surface area contributed by atoms with Crippen molar-refractivity contribution in [2.75, 3.05) is 33.4 Å². The van der Waals surface area contributed by atoms with Gasteiger partial charge in [0.2, 0.25) is 0 Å². The molecular formula is C18H28N2O2. The molecule has 1 aromatic carbocycles. The van der Waals surface area contributed by atoms with Crippen LogP contribution in [0.4, 0.5) is 0 Å². The third-order valence-corrected chi connectivity index (χ3v) is 5.04. The van der Waals surface area contributed by atoms with Crippen molar-refractivity contribution >= 4 is 0 Å². The van der Waals surface area contributed by atoms with Crippen molar-refractivity contribution in [2.45, 2.75) is 38.3 Å². The molecule has 22 heavy (non-hydrogen) atoms. The summed E-state index contributed by atoms with van der Waals surface area (Å²) in [7, 11) is 1.72. The fourth-order valence-electron chi connectivity index (χ4n) is 3.63. The first kappa shape index (κ1) is 15.8. The number of hydrogen-bond acceptors (Lipinski definition) is 4. The van der Waals surface area contributed by atoms with E-state index < -0.39 is 0 Å². The van der Waals surface area contributed by atoms with E-state index in [2.05, 4.69) is 17.0 Å². The second-order valence-electron chi connectivity index (χ2n) is 7.01. The van der Waals surface area contributed by atoms with Gasteiger partial charge in [0, 0.05) is 31.7 Å². The summed E-state index contributed by atoms with van der Waals surface area (Å²) >= 11 is 0. The molecule has 4 heteroatoms. The number of nitrogens with two attached hydrogens (primary N) is 1. The number of ether oxygens (including phenoxy) is 2. The molecule has 1 unspecified atom stereocenters. The SMILES string of the molecule is COCc1cccc(OCC2(CN3CCC(N)C3)CCC2)c1. The molecule has 1 saturated carbocycles. The lowest BCUT2D eigenvalue weighted by atomic mass is 9.69. The van der Waals surface area contributed by atoms with Crippen molar-refractivity contribution in [3.05, 3.63) is 29.8 Å². The van der Waals surface area contributed by atoms with Crippen molar-refractivity contribution in [3.63, 3.8) is 0 Å². The minimum absolute atomic E-state index is 0.335. The van der Waals surface area contributed by atoms with Gasteiger partial charge in [-0.15, -0.1) is 0 Å². The van der Waals surface area contributed by atoms with Crippen LogP contribution < -0.4 is 10.5 Å². The Hall–Kier alpha value is -1.10. The smallest absolute Gasteiger partial charge is 0.119 e. The largest absolute Gasteiger partial charge is 0.493 e. The molecule has 2 fully saturated rings. The Morgan fingerprint density at radius 2 is 2.23 bits per heavy atom. The van der Waals surface area contributed by atoms with Gasteiger partial charge in [-0.1, -0.05) is 18.6 Å². The molecule has 1 aromatic rings. The number of rotatable bonds is 7. The molecule has 1 atom stereocenters. The van der Waals surface area contributed by atoms with Crippen LogP contribution in [0.3, 0.4) is 0 Å². The van der Waals surface area contributed by atoms with Crippen LogP contribution in [0, 0.1) is 5.41 Å². The highest BCUT2D eigenvalue weighted by Crippen LogP contribution is 2.42. The molecule has 1 aliphatic heterocycles. The lowest BCUT2D eigenvalue weighted by Gasteiger charge is -2.44. The van der Waals surface area contributed by atoms with Gasteiger partial charge in [0.15, 0.2) is 0 Å². The first-order chi connectivity index (χ1) is 10.7. The van der Waals surface area contributed by atoms with E-state index >= 15 is 0 Å². The number of benzene rings is 1. The lowest BCUT2D eigenvalue weighted by molar-refractivity contribution is 0.0240. The average Bonchev–Trinajstić information content (AvgIpc) is 2.88. The molecule has 0 bridgehead atoms. The second kappa shape index (κ2) is 6.99. The molecule has 0 aromatic heterocycles. The molecule has 1 heterocycles. The molecular weight excluding hydrogens is 276 g/mol. The number of hydrogen-bond donors (Lipinski definition) is 1. The zero-order valence-electron chi connectivity index (χ0n) is 13.6. The number of nitrogens with zero attached hydrogens (tertiary/aromatic N) is 1. The Bertz CT molecular complexity index is 488. The number of methoxy groups -OCH3 is 1. The van der Waals surface area contributed by atoms with Crippen LogP contribution in [0.1, 0.15) is 31.2 Å². The molecule has 1 aliphatic carbocycles. The zero-order valence-corrected chi connectivity index (χ0v) is 13.6. The first-order valence-electron chi connectivity index (χ1n) is 8.38. The van der Waals surface area contributed by atoms with Gasteiger partial charge in [0.25, 0.3) is 0 Å². The highest BCUT2D eigenvalue weighted by atomic mass is 16.5. The minimum atomic E-state index is 0.335. The highest BCUT2D eigenvalue weighted by molar-refractivity contribution is 5.28. The fourth-order valence-corrected chi connectivity index (χ4v) is 3.63. The van der Waals surface area contributed by atoms with E-state index in [4.69, 9.17) is 15.2 Å². The standard InChI is InChI=1S/C18H28N2O2/c1-21-12-15-4-2-5-17(10-15)22-14-18(7-3-8-18)13-20-9-6-16(19)11-20/h2,4-5,10,16H,3,6-9,11-14,19H2,1H3. The number of likely N-dealkylation sites (tertiary alicyclic amines) is 1. The van der Waals surface area contributed by atoms with Crippen molar-refractivity contribution in [3.8, 4) is 5.75 Å². The van der Waals surface area contributed by atoms with E-state index in [1.165, 1.54) is 19.3 Å². The monoisotopic (exact) mass is 304 g/mol. The molecule has 0 radical (unpaired) electrons. The highest BCUT2D eigenvalue weighted by Gasteiger charge is 2.40. The maximum absolute atomic E-state index is 6.12. The Kier molecular flexibility index (Phi) is 5.01. The van der Waals surface area contributed by atoms with E-state index in [0.29, 0.717) is 18.1 Å². The van der Waals surface area contributed by atoms with Gasteiger partial charge < -0.3 is 20.1 Å². The third-order valence-electron chi connectivity index (χ3n) is 5.04. The van der Waals surface area contributed by atoms with Crippen LogP contribution in [0.5, 0.6) is 5.75 Å². The van der Waals surface area contributed by atoms with Gasteiger partial charge in [-0.05, 0) is 43.5 Å². The second-order valence-corrected chi connectivity index (χ2v) is 7.01. The van der Waals surface area contributed by atoms with E-state index in [1.807, 2.05) is 12.1 Å². The van der Waals surface area contributed by atoms with Gasteiger partial charge in [0.05, 0.1) is 13.2 Å². The van der Waals surface area contributed by atoms with Crippen molar-refractivity contribution in [1.82, 2.24) is 4.90 Å². The van der Waals surface area contributed by atoms with Crippen LogP contribution in [0.15, 0.2) is 24.3 Å². The van der Waals surface area contributed by atoms with Crippen LogP contribution in [-0.4, -0.2) is 44.3 Å². The third kappa shape index (κ3) is 3.80. The molecule has 122 valence electrons. The summed E-state index contributed by atoms with van der Waals surface area (Å²) in [6, 6.07) is 8.60. The van der Waals surface area contributed by atoms with E-state index in [1.54, 1.807) is 7.11 Å². The molecule has 0 amide bonds. The molecule has 2 aliphatic rings. The summed E-state index contributed by atoms with van der Waals surface area (Å²) < 4.78 is 11.3. The Morgan fingerprint density at radius 1 is 1.36 bits per heavy atom. The molecule has 0 spiro atoms. The summed E-state index contributed by atoms with van der Waals surface area (Å²) in [5.74, 6) is 0.957. The van der Waals surface area contributed by atoms with Gasteiger partial charge in [-0.3, -0.25) is 0 Å². The van der Waals surface area contributed by atoms with E-state index in [0.717, 1.165) is 44.0 Å². The van der Waals surface area contributed by atoms with E-state index in [-0.39, 0.29) is 0 Å². The minimum Gasteiger partial charge on any atom is -0.493 e. The van der Waals surface area contributed by atoms with Gasteiger partial charge >= 0.3 is 0 Å². The van der Waals surface area contributed by atoms with Crippen LogP contribution in [-0.2, 0) is 11.3 Å². The molecule has 4 nitrogen and oxygen atoms in total. The maximum atomic E-state index is 6.12. The fraction of sp³-hybridized carbons (Fsp3) is 0.667. The van der Waals surface area contributed by atoms with Crippen LogP contribution >= 0.6 is 0 Å². The summed E-state index contributed by atoms with van der Waals surface area (Å²) in [4.78, 5) is 2.52. The van der Waals surface area contributed by atoms with Crippen LogP contribution in [0.25, 0.3) is 0 Å². The van der Waals surface area contributed by atoms with Crippen LogP contribution in [0.2, 0.25) is 0 Å². The Labute approximate surface area is 133 Å².